The Morgan fingerprint density at radius 2 is 1.83 bits per heavy atom. The van der Waals surface area contributed by atoms with Crippen molar-refractivity contribution in [1.29, 1.82) is 0 Å². The Hall–Kier alpha value is -0.770. The summed E-state index contributed by atoms with van der Waals surface area (Å²) in [5, 5.41) is 0. The van der Waals surface area contributed by atoms with Gasteiger partial charge in [0.15, 0.2) is 0 Å². The van der Waals surface area contributed by atoms with Crippen molar-refractivity contribution in [2.75, 3.05) is 26.3 Å². The van der Waals surface area contributed by atoms with E-state index in [1.165, 1.54) is 0 Å². The van der Waals surface area contributed by atoms with E-state index in [4.69, 9.17) is 9.47 Å². The van der Waals surface area contributed by atoms with E-state index in [2.05, 4.69) is 0 Å². The smallest absolute Gasteiger partial charge is 0.410 e. The standard InChI is InChI=1S/C14H25NO3/c1-14(2,3)18-13(16)15-7-4-12(10-15)11-5-8-17-9-6-11/h11-12H,4-10H2,1-3H3. The van der Waals surface area contributed by atoms with Gasteiger partial charge in [0.05, 0.1) is 0 Å². The Labute approximate surface area is 110 Å². The lowest BCUT2D eigenvalue weighted by molar-refractivity contribution is 0.0254. The summed E-state index contributed by atoms with van der Waals surface area (Å²) in [6, 6.07) is 0. The van der Waals surface area contributed by atoms with Crippen molar-refractivity contribution in [3.8, 4) is 0 Å². The molecular formula is C14H25NO3. The fraction of sp³-hybridized carbons (Fsp3) is 0.929. The third-order valence-corrected chi connectivity index (χ3v) is 3.81. The second-order valence-corrected chi connectivity index (χ2v) is 6.42. The van der Waals surface area contributed by atoms with Crippen molar-refractivity contribution in [2.24, 2.45) is 11.8 Å². The fourth-order valence-corrected chi connectivity index (χ4v) is 2.85. The van der Waals surface area contributed by atoms with Gasteiger partial charge >= 0.3 is 6.09 Å². The molecule has 2 aliphatic heterocycles. The van der Waals surface area contributed by atoms with Crippen LogP contribution in [0.5, 0.6) is 0 Å². The number of rotatable bonds is 1. The quantitative estimate of drug-likeness (QED) is 0.723. The summed E-state index contributed by atoms with van der Waals surface area (Å²) in [4.78, 5) is 13.8. The van der Waals surface area contributed by atoms with Crippen LogP contribution in [0.15, 0.2) is 0 Å². The van der Waals surface area contributed by atoms with Gasteiger partial charge in [-0.25, -0.2) is 4.79 Å². The van der Waals surface area contributed by atoms with E-state index >= 15 is 0 Å². The van der Waals surface area contributed by atoms with E-state index in [0.717, 1.165) is 51.5 Å². The summed E-state index contributed by atoms with van der Waals surface area (Å²) in [5.41, 5.74) is -0.395. The molecule has 104 valence electrons. The Balaban J connectivity index is 1.82. The maximum Gasteiger partial charge on any atom is 0.410 e. The molecule has 0 saturated carbocycles. The van der Waals surface area contributed by atoms with Crippen molar-refractivity contribution in [2.45, 2.75) is 45.6 Å². The maximum atomic E-state index is 12.0. The molecule has 1 atom stereocenters. The normalized spacial score (nSPS) is 26.4. The highest BCUT2D eigenvalue weighted by Crippen LogP contribution is 2.31. The number of amides is 1. The molecule has 4 nitrogen and oxygen atoms in total. The molecular weight excluding hydrogens is 230 g/mol. The molecule has 2 heterocycles. The second-order valence-electron chi connectivity index (χ2n) is 6.42. The molecule has 0 spiro atoms. The van der Waals surface area contributed by atoms with E-state index < -0.39 is 5.60 Å². The zero-order valence-corrected chi connectivity index (χ0v) is 11.8. The highest BCUT2D eigenvalue weighted by atomic mass is 16.6. The summed E-state index contributed by atoms with van der Waals surface area (Å²) >= 11 is 0. The van der Waals surface area contributed by atoms with Gasteiger partial charge in [0, 0.05) is 26.3 Å². The van der Waals surface area contributed by atoms with Gasteiger partial charge in [0.25, 0.3) is 0 Å². The van der Waals surface area contributed by atoms with E-state index in [0.29, 0.717) is 5.92 Å². The molecule has 0 radical (unpaired) electrons. The minimum atomic E-state index is -0.395. The van der Waals surface area contributed by atoms with Gasteiger partial charge in [-0.2, -0.15) is 0 Å². The number of nitrogens with zero attached hydrogens (tertiary/aromatic N) is 1. The molecule has 0 aliphatic carbocycles. The van der Waals surface area contributed by atoms with Crippen molar-refractivity contribution >= 4 is 6.09 Å². The van der Waals surface area contributed by atoms with Crippen LogP contribution in [0.1, 0.15) is 40.0 Å². The Morgan fingerprint density at radius 3 is 2.44 bits per heavy atom. The van der Waals surface area contributed by atoms with Crippen LogP contribution in [-0.4, -0.2) is 42.9 Å². The zero-order chi connectivity index (χ0) is 13.2. The summed E-state index contributed by atoms with van der Waals surface area (Å²) in [6.07, 6.45) is 3.25. The van der Waals surface area contributed by atoms with Crippen molar-refractivity contribution in [1.82, 2.24) is 4.90 Å². The van der Waals surface area contributed by atoms with Crippen LogP contribution in [0, 0.1) is 11.8 Å². The van der Waals surface area contributed by atoms with E-state index in [9.17, 15) is 4.79 Å². The summed E-state index contributed by atoms with van der Waals surface area (Å²) in [6.45, 7) is 9.21. The van der Waals surface area contributed by atoms with Crippen LogP contribution >= 0.6 is 0 Å². The summed E-state index contributed by atoms with van der Waals surface area (Å²) in [7, 11) is 0. The Morgan fingerprint density at radius 1 is 1.17 bits per heavy atom. The molecule has 2 aliphatic rings. The van der Waals surface area contributed by atoms with E-state index in [-0.39, 0.29) is 6.09 Å². The number of carbonyl (C=O) groups is 1. The van der Waals surface area contributed by atoms with Crippen molar-refractivity contribution in [3.05, 3.63) is 0 Å². The monoisotopic (exact) mass is 255 g/mol. The lowest BCUT2D eigenvalue weighted by Crippen LogP contribution is -2.36. The SMILES string of the molecule is CC(C)(C)OC(=O)N1CCC(C2CCOCC2)C1. The molecule has 0 bridgehead atoms. The fourth-order valence-electron chi connectivity index (χ4n) is 2.85. The minimum Gasteiger partial charge on any atom is -0.444 e. The highest BCUT2D eigenvalue weighted by Gasteiger charge is 2.34. The van der Waals surface area contributed by atoms with Gasteiger partial charge < -0.3 is 14.4 Å². The van der Waals surface area contributed by atoms with Gasteiger partial charge in [-0.15, -0.1) is 0 Å². The van der Waals surface area contributed by atoms with E-state index in [1.807, 2.05) is 25.7 Å². The third-order valence-electron chi connectivity index (χ3n) is 3.81. The highest BCUT2D eigenvalue weighted by molar-refractivity contribution is 5.68. The first-order chi connectivity index (χ1) is 8.46. The average molecular weight is 255 g/mol. The van der Waals surface area contributed by atoms with Gasteiger partial charge in [0.1, 0.15) is 5.60 Å². The Kier molecular flexibility index (Phi) is 4.15. The van der Waals surface area contributed by atoms with Crippen LogP contribution in [-0.2, 0) is 9.47 Å². The number of carbonyl (C=O) groups excluding carboxylic acids is 1. The third kappa shape index (κ3) is 3.61. The van der Waals surface area contributed by atoms with Crippen LogP contribution < -0.4 is 0 Å². The maximum absolute atomic E-state index is 12.0. The minimum absolute atomic E-state index is 0.156. The van der Waals surface area contributed by atoms with Crippen LogP contribution in [0.2, 0.25) is 0 Å². The molecule has 2 rings (SSSR count). The molecule has 18 heavy (non-hydrogen) atoms. The van der Waals surface area contributed by atoms with Crippen molar-refractivity contribution in [3.63, 3.8) is 0 Å². The largest absolute Gasteiger partial charge is 0.444 e. The summed E-state index contributed by atoms with van der Waals surface area (Å²) < 4.78 is 10.8. The first-order valence-electron chi connectivity index (χ1n) is 7.01. The van der Waals surface area contributed by atoms with Crippen molar-refractivity contribution < 1.29 is 14.3 Å². The average Bonchev–Trinajstić information content (AvgIpc) is 2.77. The molecule has 0 aromatic carbocycles. The van der Waals surface area contributed by atoms with Gasteiger partial charge in [0.2, 0.25) is 0 Å². The molecule has 1 amide bonds. The molecule has 1 unspecified atom stereocenters. The second kappa shape index (κ2) is 5.47. The first-order valence-corrected chi connectivity index (χ1v) is 7.01. The van der Waals surface area contributed by atoms with Gasteiger partial charge in [-0.3, -0.25) is 0 Å². The molecule has 2 saturated heterocycles. The lowest BCUT2D eigenvalue weighted by Gasteiger charge is -2.28. The number of hydrogen-bond acceptors (Lipinski definition) is 3. The zero-order valence-electron chi connectivity index (χ0n) is 11.8. The number of ether oxygens (including phenoxy) is 2. The number of hydrogen-bond donors (Lipinski definition) is 0. The predicted octanol–water partition coefficient (Wildman–Crippen LogP) is 2.67. The molecule has 0 aromatic rings. The van der Waals surface area contributed by atoms with Gasteiger partial charge in [-0.05, 0) is 51.9 Å². The van der Waals surface area contributed by atoms with Crippen LogP contribution in [0.4, 0.5) is 4.79 Å². The molecule has 0 aromatic heterocycles. The lowest BCUT2D eigenvalue weighted by atomic mass is 9.85. The first kappa shape index (κ1) is 13.7. The molecule has 4 heteroatoms. The van der Waals surface area contributed by atoms with Crippen LogP contribution in [0.25, 0.3) is 0 Å². The van der Waals surface area contributed by atoms with E-state index in [1.54, 1.807) is 0 Å². The van der Waals surface area contributed by atoms with Crippen LogP contribution in [0.3, 0.4) is 0 Å². The number of likely N-dealkylation sites (tertiary alicyclic amines) is 1. The molecule has 0 N–H and O–H groups in total. The predicted molar refractivity (Wildman–Crippen MR) is 69.5 cm³/mol. The Bertz CT molecular complexity index is 292. The van der Waals surface area contributed by atoms with Gasteiger partial charge in [-0.1, -0.05) is 0 Å². The molecule has 2 fully saturated rings. The topological polar surface area (TPSA) is 38.8 Å². The summed E-state index contributed by atoms with van der Waals surface area (Å²) in [5.74, 6) is 1.37.